The van der Waals surface area contributed by atoms with E-state index in [-0.39, 0.29) is 11.7 Å². The first kappa shape index (κ1) is 17.8. The normalized spacial score (nSPS) is 12.8. The molecular weight excluding hydrogens is 315 g/mol. The molecule has 0 aliphatic heterocycles. The van der Waals surface area contributed by atoms with Crippen molar-refractivity contribution in [3.05, 3.63) is 71.0 Å². The van der Waals surface area contributed by atoms with Crippen LogP contribution >= 0.6 is 0 Å². The van der Waals surface area contributed by atoms with Gasteiger partial charge in [0.15, 0.2) is 17.6 Å². The highest BCUT2D eigenvalue weighted by Gasteiger charge is 2.10. The molecule has 128 valence electrons. The summed E-state index contributed by atoms with van der Waals surface area (Å²) in [5.74, 6) is -1.42. The van der Waals surface area contributed by atoms with Crippen LogP contribution in [0, 0.1) is 17.5 Å². The van der Waals surface area contributed by atoms with Crippen molar-refractivity contribution in [2.24, 2.45) is 4.99 Å². The Balaban J connectivity index is 1.86. The van der Waals surface area contributed by atoms with Crippen LogP contribution in [0.15, 0.2) is 47.5 Å². The van der Waals surface area contributed by atoms with Crippen LogP contribution in [-0.2, 0) is 6.54 Å². The zero-order chi connectivity index (χ0) is 17.5. The van der Waals surface area contributed by atoms with Gasteiger partial charge in [0.25, 0.3) is 0 Å². The minimum Gasteiger partial charge on any atom is -0.356 e. The molecular formula is C18H20F3N3. The van der Waals surface area contributed by atoms with Crippen molar-refractivity contribution >= 4 is 5.96 Å². The molecule has 0 saturated heterocycles. The number of aliphatic imine (C=N–C) groups is 1. The number of benzene rings is 2. The highest BCUT2D eigenvalue weighted by Crippen LogP contribution is 2.17. The van der Waals surface area contributed by atoms with E-state index < -0.39 is 11.6 Å². The number of hydrogen-bond donors (Lipinski definition) is 2. The Kier molecular flexibility index (Phi) is 6.23. The molecule has 0 fully saturated rings. The third kappa shape index (κ3) is 5.01. The Labute approximate surface area is 139 Å². The van der Waals surface area contributed by atoms with Crippen LogP contribution in [0.25, 0.3) is 0 Å². The van der Waals surface area contributed by atoms with Crippen LogP contribution < -0.4 is 10.6 Å². The van der Waals surface area contributed by atoms with Crippen molar-refractivity contribution in [2.75, 3.05) is 13.6 Å². The SMILES string of the molecule is CN=C(NCc1ccc(F)cc1)NCC(C)c1ccc(F)c(F)c1. The fraction of sp³-hybridized carbons (Fsp3) is 0.278. The summed E-state index contributed by atoms with van der Waals surface area (Å²) < 4.78 is 39.1. The molecule has 3 nitrogen and oxygen atoms in total. The number of rotatable bonds is 5. The Morgan fingerprint density at radius 3 is 2.33 bits per heavy atom. The summed E-state index contributed by atoms with van der Waals surface area (Å²) in [6, 6.07) is 10.1. The van der Waals surface area contributed by atoms with Crippen molar-refractivity contribution in [1.82, 2.24) is 10.6 Å². The van der Waals surface area contributed by atoms with Gasteiger partial charge in [-0.25, -0.2) is 13.2 Å². The summed E-state index contributed by atoms with van der Waals surface area (Å²) in [5, 5.41) is 6.25. The molecule has 0 bridgehead atoms. The predicted octanol–water partition coefficient (Wildman–Crippen LogP) is 3.57. The van der Waals surface area contributed by atoms with E-state index >= 15 is 0 Å². The smallest absolute Gasteiger partial charge is 0.191 e. The molecule has 0 aliphatic carbocycles. The first-order chi connectivity index (χ1) is 11.5. The zero-order valence-electron chi connectivity index (χ0n) is 13.6. The maximum absolute atomic E-state index is 13.3. The standard InChI is InChI=1S/C18H20F3N3/c1-12(14-5-8-16(20)17(21)9-14)10-23-18(22-2)24-11-13-3-6-15(19)7-4-13/h3-9,12H,10-11H2,1-2H3,(H2,22,23,24). The van der Waals surface area contributed by atoms with E-state index in [0.717, 1.165) is 11.6 Å². The average Bonchev–Trinajstić information content (AvgIpc) is 2.58. The quantitative estimate of drug-likeness (QED) is 0.647. The van der Waals surface area contributed by atoms with E-state index in [9.17, 15) is 13.2 Å². The van der Waals surface area contributed by atoms with Gasteiger partial charge in [0.1, 0.15) is 5.82 Å². The molecule has 2 aromatic rings. The maximum atomic E-state index is 13.3. The molecule has 1 unspecified atom stereocenters. The Morgan fingerprint density at radius 2 is 1.71 bits per heavy atom. The van der Waals surface area contributed by atoms with Crippen molar-refractivity contribution in [2.45, 2.75) is 19.4 Å². The van der Waals surface area contributed by atoms with Crippen LogP contribution in [0.3, 0.4) is 0 Å². The second kappa shape index (κ2) is 8.38. The molecule has 2 N–H and O–H groups in total. The first-order valence-electron chi connectivity index (χ1n) is 7.63. The minimum absolute atomic E-state index is 0.0236. The number of guanidine groups is 1. The Morgan fingerprint density at radius 1 is 1.00 bits per heavy atom. The number of nitrogens with zero attached hydrogens (tertiary/aromatic N) is 1. The average molecular weight is 335 g/mol. The van der Waals surface area contributed by atoms with E-state index in [1.165, 1.54) is 18.2 Å². The van der Waals surface area contributed by atoms with E-state index in [1.54, 1.807) is 25.2 Å². The van der Waals surface area contributed by atoms with E-state index in [2.05, 4.69) is 15.6 Å². The van der Waals surface area contributed by atoms with Crippen LogP contribution in [0.4, 0.5) is 13.2 Å². The lowest BCUT2D eigenvalue weighted by atomic mass is 10.0. The molecule has 0 heterocycles. The molecule has 1 atom stereocenters. The van der Waals surface area contributed by atoms with Gasteiger partial charge in [0.05, 0.1) is 0 Å². The fourth-order valence-electron chi connectivity index (χ4n) is 2.20. The van der Waals surface area contributed by atoms with Crippen LogP contribution in [0.2, 0.25) is 0 Å². The summed E-state index contributed by atoms with van der Waals surface area (Å²) in [5.41, 5.74) is 1.63. The molecule has 24 heavy (non-hydrogen) atoms. The van der Waals surface area contributed by atoms with Crippen LogP contribution in [0.5, 0.6) is 0 Å². The molecule has 0 saturated carbocycles. The number of hydrogen-bond acceptors (Lipinski definition) is 1. The summed E-state index contributed by atoms with van der Waals surface area (Å²) in [4.78, 5) is 4.10. The monoisotopic (exact) mass is 335 g/mol. The minimum atomic E-state index is -0.851. The summed E-state index contributed by atoms with van der Waals surface area (Å²) in [6.07, 6.45) is 0. The van der Waals surface area contributed by atoms with Gasteiger partial charge in [-0.3, -0.25) is 4.99 Å². The molecule has 0 aromatic heterocycles. The molecule has 0 amide bonds. The number of nitrogens with one attached hydrogen (secondary N) is 2. The zero-order valence-corrected chi connectivity index (χ0v) is 13.6. The lowest BCUT2D eigenvalue weighted by Gasteiger charge is -2.16. The van der Waals surface area contributed by atoms with Gasteiger partial charge in [-0.1, -0.05) is 25.1 Å². The van der Waals surface area contributed by atoms with Gasteiger partial charge < -0.3 is 10.6 Å². The molecule has 6 heteroatoms. The first-order valence-corrected chi connectivity index (χ1v) is 7.63. The fourth-order valence-corrected chi connectivity index (χ4v) is 2.20. The predicted molar refractivity (Wildman–Crippen MR) is 89.4 cm³/mol. The molecule has 2 rings (SSSR count). The summed E-state index contributed by atoms with van der Waals surface area (Å²) >= 11 is 0. The molecule has 0 aliphatic rings. The van der Waals surface area contributed by atoms with Gasteiger partial charge in [0.2, 0.25) is 0 Å². The van der Waals surface area contributed by atoms with Crippen LogP contribution in [0.1, 0.15) is 24.0 Å². The van der Waals surface area contributed by atoms with Gasteiger partial charge in [0, 0.05) is 20.1 Å². The Bertz CT molecular complexity index is 699. The largest absolute Gasteiger partial charge is 0.356 e. The molecule has 0 radical (unpaired) electrons. The Hall–Kier alpha value is -2.50. The maximum Gasteiger partial charge on any atom is 0.191 e. The summed E-state index contributed by atoms with van der Waals surface area (Å²) in [7, 11) is 1.64. The molecule has 0 spiro atoms. The third-order valence-corrected chi connectivity index (χ3v) is 3.69. The summed E-state index contributed by atoms with van der Waals surface area (Å²) in [6.45, 7) is 2.92. The second-order valence-corrected chi connectivity index (χ2v) is 5.51. The van der Waals surface area contributed by atoms with Gasteiger partial charge >= 0.3 is 0 Å². The van der Waals surface area contributed by atoms with Gasteiger partial charge in [-0.15, -0.1) is 0 Å². The lowest BCUT2D eigenvalue weighted by Crippen LogP contribution is -2.38. The second-order valence-electron chi connectivity index (χ2n) is 5.51. The topological polar surface area (TPSA) is 36.4 Å². The molecule has 2 aromatic carbocycles. The van der Waals surface area contributed by atoms with Crippen molar-refractivity contribution in [3.63, 3.8) is 0 Å². The van der Waals surface area contributed by atoms with Crippen LogP contribution in [-0.4, -0.2) is 19.6 Å². The van der Waals surface area contributed by atoms with E-state index in [1.807, 2.05) is 6.92 Å². The third-order valence-electron chi connectivity index (χ3n) is 3.69. The van der Waals surface area contributed by atoms with E-state index in [0.29, 0.717) is 24.6 Å². The highest BCUT2D eigenvalue weighted by molar-refractivity contribution is 5.79. The highest BCUT2D eigenvalue weighted by atomic mass is 19.2. The van der Waals surface area contributed by atoms with E-state index in [4.69, 9.17) is 0 Å². The van der Waals surface area contributed by atoms with Gasteiger partial charge in [-0.2, -0.15) is 0 Å². The van der Waals surface area contributed by atoms with Gasteiger partial charge in [-0.05, 0) is 41.3 Å². The number of halogens is 3. The van der Waals surface area contributed by atoms with Crippen molar-refractivity contribution in [1.29, 1.82) is 0 Å². The lowest BCUT2D eigenvalue weighted by molar-refractivity contribution is 0.505. The van der Waals surface area contributed by atoms with Crippen molar-refractivity contribution < 1.29 is 13.2 Å². The van der Waals surface area contributed by atoms with Crippen molar-refractivity contribution in [3.8, 4) is 0 Å².